The van der Waals surface area contributed by atoms with Crippen LogP contribution >= 0.6 is 0 Å². The molecule has 0 spiro atoms. The lowest BCUT2D eigenvalue weighted by Gasteiger charge is -2.16. The van der Waals surface area contributed by atoms with Crippen LogP contribution in [0.4, 0.5) is 5.82 Å². The molecule has 0 saturated heterocycles. The first-order chi connectivity index (χ1) is 12.4. The average molecular weight is 376 g/mol. The molecule has 2 atom stereocenters. The minimum Gasteiger partial charge on any atom is -0.382 e. The van der Waals surface area contributed by atoms with Crippen LogP contribution < -0.4 is 11.4 Å². The van der Waals surface area contributed by atoms with Crippen molar-refractivity contribution in [3.63, 3.8) is 0 Å². The van der Waals surface area contributed by atoms with Crippen LogP contribution in [0.25, 0.3) is 11.2 Å². The fourth-order valence-corrected chi connectivity index (χ4v) is 4.17. The minimum atomic E-state index is -3.45. The molecule has 3 rings (SSSR count). The van der Waals surface area contributed by atoms with Crippen molar-refractivity contribution in [2.24, 2.45) is 0 Å². The maximum absolute atomic E-state index is 12.9. The number of H-pyrrole nitrogens is 1. The summed E-state index contributed by atoms with van der Waals surface area (Å²) in [5.74, 6) is -0.0279. The first-order valence-electron chi connectivity index (χ1n) is 7.98. The van der Waals surface area contributed by atoms with Crippen molar-refractivity contribution < 1.29 is 8.95 Å². The maximum atomic E-state index is 12.9. The van der Waals surface area contributed by atoms with Gasteiger partial charge in [0.05, 0.1) is 6.54 Å². The summed E-state index contributed by atoms with van der Waals surface area (Å²) in [5, 5.41) is -0.239. The van der Waals surface area contributed by atoms with Crippen molar-refractivity contribution in [2.75, 3.05) is 12.8 Å². The minimum absolute atomic E-state index is 0.0279. The summed E-state index contributed by atoms with van der Waals surface area (Å²) >= 11 is 0. The van der Waals surface area contributed by atoms with E-state index in [-0.39, 0.29) is 28.7 Å². The van der Waals surface area contributed by atoms with Gasteiger partial charge in [-0.3, -0.25) is 4.57 Å². The summed E-state index contributed by atoms with van der Waals surface area (Å²) < 4.78 is 27.6. The van der Waals surface area contributed by atoms with Gasteiger partial charge >= 0.3 is 5.69 Å². The second-order valence-electron chi connectivity index (χ2n) is 5.77. The van der Waals surface area contributed by atoms with Crippen molar-refractivity contribution in [2.45, 2.75) is 30.5 Å². The van der Waals surface area contributed by atoms with Crippen molar-refractivity contribution in [3.05, 3.63) is 46.4 Å². The molecule has 2 heterocycles. The summed E-state index contributed by atoms with van der Waals surface area (Å²) in [6, 6.07) is 9.37. The summed E-state index contributed by atoms with van der Waals surface area (Å²) in [7, 11) is -2.07. The molecule has 0 aliphatic carbocycles. The molecule has 10 heteroatoms. The first-order valence-corrected chi connectivity index (χ1v) is 9.61. The fourth-order valence-electron chi connectivity index (χ4n) is 2.73. The molecule has 3 aromatic rings. The molecule has 1 aromatic carbocycles. The number of rotatable bonds is 6. The van der Waals surface area contributed by atoms with E-state index >= 15 is 0 Å². The molecule has 0 aliphatic heterocycles. The highest BCUT2D eigenvalue weighted by Gasteiger charge is 2.27. The molecule has 2 unspecified atom stereocenters. The Bertz CT molecular complexity index is 1080. The van der Waals surface area contributed by atoms with Gasteiger partial charge in [0.25, 0.3) is 0 Å². The standard InChI is InChI=1S/C16H20N6O3S/c1-3-11(25-2)26(18,24)15-20-13(17)12-14(21-15)22(16(23)19-12)9-10-7-5-4-6-8-10/h4-8,11,18H,3,9H2,1-2H3,(H,19,23)(H2,17,20,21). The molecule has 0 amide bonds. The molecule has 26 heavy (non-hydrogen) atoms. The van der Waals surface area contributed by atoms with Gasteiger partial charge in [-0.05, 0) is 12.0 Å². The molecule has 9 nitrogen and oxygen atoms in total. The van der Waals surface area contributed by atoms with Crippen LogP contribution in [0, 0.1) is 4.78 Å². The molecule has 0 radical (unpaired) electrons. The summed E-state index contributed by atoms with van der Waals surface area (Å²) in [6.07, 6.45) is 0.351. The van der Waals surface area contributed by atoms with E-state index in [9.17, 15) is 9.00 Å². The summed E-state index contributed by atoms with van der Waals surface area (Å²) in [6.45, 7) is 2.02. The van der Waals surface area contributed by atoms with E-state index in [2.05, 4.69) is 15.0 Å². The lowest BCUT2D eigenvalue weighted by Crippen LogP contribution is -2.24. The third kappa shape index (κ3) is 3.08. The molecular weight excluding hydrogens is 356 g/mol. The molecule has 0 bridgehead atoms. The number of nitrogens with two attached hydrogens (primary N) is 1. The van der Waals surface area contributed by atoms with E-state index < -0.39 is 20.9 Å². The number of ether oxygens (including phenoxy) is 1. The normalized spacial score (nSPS) is 15.0. The van der Waals surface area contributed by atoms with Crippen molar-refractivity contribution in [1.29, 1.82) is 4.78 Å². The first kappa shape index (κ1) is 18.1. The number of nitrogens with zero attached hydrogens (tertiary/aromatic N) is 3. The number of hydrogen-bond donors (Lipinski definition) is 3. The third-order valence-corrected chi connectivity index (χ3v) is 6.04. The van der Waals surface area contributed by atoms with Gasteiger partial charge in [-0.15, -0.1) is 0 Å². The Morgan fingerprint density at radius 1 is 1.35 bits per heavy atom. The van der Waals surface area contributed by atoms with Gasteiger partial charge in [-0.1, -0.05) is 37.3 Å². The fraction of sp³-hybridized carbons (Fsp3) is 0.312. The third-order valence-electron chi connectivity index (χ3n) is 4.05. The Kier molecular flexibility index (Phi) is 4.79. The van der Waals surface area contributed by atoms with Crippen molar-refractivity contribution in [3.8, 4) is 0 Å². The maximum Gasteiger partial charge on any atom is 0.328 e. The number of methoxy groups -OCH3 is 1. The number of fused-ring (bicyclic) bond motifs is 1. The number of nitrogens with one attached hydrogen (secondary N) is 2. The van der Waals surface area contributed by atoms with Crippen LogP contribution in [0.15, 0.2) is 40.3 Å². The number of aromatic nitrogens is 4. The van der Waals surface area contributed by atoms with E-state index in [1.54, 1.807) is 6.92 Å². The van der Waals surface area contributed by atoms with E-state index in [4.69, 9.17) is 15.3 Å². The van der Waals surface area contributed by atoms with E-state index in [0.29, 0.717) is 6.42 Å². The Hall–Kier alpha value is -2.72. The molecule has 4 N–H and O–H groups in total. The van der Waals surface area contributed by atoms with E-state index in [1.165, 1.54) is 11.7 Å². The zero-order valence-corrected chi connectivity index (χ0v) is 15.2. The molecule has 138 valence electrons. The molecule has 0 saturated carbocycles. The van der Waals surface area contributed by atoms with Gasteiger partial charge in [0.15, 0.2) is 11.5 Å². The van der Waals surface area contributed by atoms with Gasteiger partial charge in [-0.25, -0.2) is 18.8 Å². The second kappa shape index (κ2) is 6.89. The van der Waals surface area contributed by atoms with E-state index in [0.717, 1.165) is 5.56 Å². The summed E-state index contributed by atoms with van der Waals surface area (Å²) in [5.41, 5.74) is 6.02. The predicted octanol–water partition coefficient (Wildman–Crippen LogP) is 1.54. The molecular formula is C16H20N6O3S. The van der Waals surface area contributed by atoms with Crippen LogP contribution in [0.5, 0.6) is 0 Å². The predicted molar refractivity (Wildman–Crippen MR) is 98.3 cm³/mol. The van der Waals surface area contributed by atoms with Gasteiger partial charge in [0.2, 0.25) is 5.16 Å². The highest BCUT2D eigenvalue weighted by Crippen LogP contribution is 2.22. The monoisotopic (exact) mass is 376 g/mol. The molecule has 0 aliphatic rings. The van der Waals surface area contributed by atoms with Gasteiger partial charge in [-0.2, -0.15) is 4.98 Å². The van der Waals surface area contributed by atoms with Crippen LogP contribution in [0.2, 0.25) is 0 Å². The number of nitrogen functional groups attached to an aromatic ring is 1. The summed E-state index contributed by atoms with van der Waals surface area (Å²) in [4.78, 5) is 23.2. The van der Waals surface area contributed by atoms with Crippen molar-refractivity contribution in [1.82, 2.24) is 19.5 Å². The number of hydrogen-bond acceptors (Lipinski definition) is 7. The Balaban J connectivity index is 2.18. The lowest BCUT2D eigenvalue weighted by atomic mass is 10.2. The molecule has 2 aromatic heterocycles. The quantitative estimate of drug-likeness (QED) is 0.558. The Morgan fingerprint density at radius 2 is 2.04 bits per heavy atom. The van der Waals surface area contributed by atoms with Gasteiger partial charge < -0.3 is 15.5 Å². The molecule has 0 fully saturated rings. The zero-order chi connectivity index (χ0) is 18.9. The number of benzene rings is 1. The second-order valence-corrected chi connectivity index (χ2v) is 7.86. The smallest absolute Gasteiger partial charge is 0.328 e. The van der Waals surface area contributed by atoms with E-state index in [1.807, 2.05) is 30.3 Å². The largest absolute Gasteiger partial charge is 0.382 e. The number of aromatic amines is 1. The highest BCUT2D eigenvalue weighted by atomic mass is 32.2. The SMILES string of the molecule is CCC(OC)S(=N)(=O)c1nc(N)c2[nH]c(=O)n(Cc3ccccc3)c2n1. The van der Waals surface area contributed by atoms with Crippen LogP contribution in [-0.4, -0.2) is 36.3 Å². The topological polar surface area (TPSA) is 140 Å². The Morgan fingerprint density at radius 3 is 2.65 bits per heavy atom. The van der Waals surface area contributed by atoms with Crippen LogP contribution in [0.1, 0.15) is 18.9 Å². The van der Waals surface area contributed by atoms with Crippen LogP contribution in [0.3, 0.4) is 0 Å². The Labute approximate surface area is 150 Å². The lowest BCUT2D eigenvalue weighted by molar-refractivity contribution is 0.163. The van der Waals surface area contributed by atoms with Crippen molar-refractivity contribution >= 4 is 26.7 Å². The zero-order valence-electron chi connectivity index (χ0n) is 14.4. The average Bonchev–Trinajstić information content (AvgIpc) is 2.93. The van der Waals surface area contributed by atoms with Gasteiger partial charge in [0.1, 0.15) is 20.7 Å². The van der Waals surface area contributed by atoms with Crippen LogP contribution in [-0.2, 0) is 21.0 Å². The van der Waals surface area contributed by atoms with Gasteiger partial charge in [0, 0.05) is 7.11 Å². The number of imidazole rings is 1. The number of anilines is 1. The highest BCUT2D eigenvalue weighted by molar-refractivity contribution is 7.92.